The molecule has 0 aliphatic carbocycles. The number of non-ortho nitro benzene ring substituents is 1. The number of carbonyl (C=O) groups excluding carboxylic acids is 1. The number of methoxy groups -OCH3 is 1. The highest BCUT2D eigenvalue weighted by atomic mass is 32.1. The van der Waals surface area contributed by atoms with Crippen molar-refractivity contribution in [3.8, 4) is 16.3 Å². The maximum atomic E-state index is 12.0. The number of carbonyl (C=O) groups is 1. The fraction of sp³-hybridized carbons (Fsp3) is 0.0556. The lowest BCUT2D eigenvalue weighted by Crippen LogP contribution is -2.07. The number of benzene rings is 2. The molecule has 3 rings (SSSR count). The molecule has 8 nitrogen and oxygen atoms in total. The summed E-state index contributed by atoms with van der Waals surface area (Å²) < 4.78 is 5.11. The van der Waals surface area contributed by atoms with Gasteiger partial charge in [-0.15, -0.1) is 10.2 Å². The van der Waals surface area contributed by atoms with E-state index in [9.17, 15) is 14.9 Å². The molecule has 1 N–H and O–H groups in total. The normalized spacial score (nSPS) is 10.7. The van der Waals surface area contributed by atoms with Crippen molar-refractivity contribution >= 4 is 34.1 Å². The highest BCUT2D eigenvalue weighted by molar-refractivity contribution is 7.18. The number of hydrogen-bond acceptors (Lipinski definition) is 7. The summed E-state index contributed by atoms with van der Waals surface area (Å²) in [6, 6.07) is 13.3. The number of hydrogen-bond donors (Lipinski definition) is 1. The van der Waals surface area contributed by atoms with E-state index in [2.05, 4.69) is 15.5 Å². The van der Waals surface area contributed by atoms with Crippen LogP contribution in [0.3, 0.4) is 0 Å². The largest absolute Gasteiger partial charge is 0.497 e. The van der Waals surface area contributed by atoms with Gasteiger partial charge in [-0.1, -0.05) is 23.5 Å². The van der Waals surface area contributed by atoms with Crippen molar-refractivity contribution in [2.45, 2.75) is 0 Å². The van der Waals surface area contributed by atoms with Crippen molar-refractivity contribution in [1.29, 1.82) is 0 Å². The van der Waals surface area contributed by atoms with E-state index in [-0.39, 0.29) is 5.69 Å². The van der Waals surface area contributed by atoms with Gasteiger partial charge in [-0.3, -0.25) is 20.2 Å². The van der Waals surface area contributed by atoms with E-state index >= 15 is 0 Å². The van der Waals surface area contributed by atoms with Crippen molar-refractivity contribution in [2.75, 3.05) is 12.4 Å². The van der Waals surface area contributed by atoms with Gasteiger partial charge in [-0.25, -0.2) is 0 Å². The van der Waals surface area contributed by atoms with Gasteiger partial charge in [0.1, 0.15) is 10.8 Å². The zero-order valence-corrected chi connectivity index (χ0v) is 15.0. The Hall–Kier alpha value is -3.59. The Kier molecular flexibility index (Phi) is 5.53. The van der Waals surface area contributed by atoms with E-state index < -0.39 is 10.8 Å². The Bertz CT molecular complexity index is 999. The molecule has 0 saturated carbocycles. The molecule has 1 aromatic heterocycles. The van der Waals surface area contributed by atoms with Gasteiger partial charge in [-0.2, -0.15) is 0 Å². The molecule has 136 valence electrons. The molecular formula is C18H14N4O4S. The smallest absolute Gasteiger partial charge is 0.270 e. The van der Waals surface area contributed by atoms with E-state index in [1.807, 2.05) is 24.3 Å². The number of nitrogens with one attached hydrogen (secondary N) is 1. The average molecular weight is 382 g/mol. The van der Waals surface area contributed by atoms with Gasteiger partial charge >= 0.3 is 0 Å². The van der Waals surface area contributed by atoms with Crippen LogP contribution in [-0.2, 0) is 4.79 Å². The summed E-state index contributed by atoms with van der Waals surface area (Å²) in [5.41, 5.74) is 1.38. The summed E-state index contributed by atoms with van der Waals surface area (Å²) >= 11 is 1.24. The Morgan fingerprint density at radius 2 is 2.00 bits per heavy atom. The van der Waals surface area contributed by atoms with Crippen LogP contribution < -0.4 is 10.1 Å². The van der Waals surface area contributed by atoms with E-state index in [4.69, 9.17) is 4.74 Å². The van der Waals surface area contributed by atoms with Crippen molar-refractivity contribution in [3.05, 3.63) is 70.3 Å². The molecule has 27 heavy (non-hydrogen) atoms. The molecule has 0 radical (unpaired) electrons. The number of anilines is 1. The number of nitrogens with zero attached hydrogens (tertiary/aromatic N) is 3. The van der Waals surface area contributed by atoms with Gasteiger partial charge in [0.05, 0.1) is 12.0 Å². The molecule has 1 amide bonds. The highest BCUT2D eigenvalue weighted by Gasteiger charge is 2.09. The summed E-state index contributed by atoms with van der Waals surface area (Å²) in [4.78, 5) is 22.3. The Morgan fingerprint density at radius 3 is 2.70 bits per heavy atom. The lowest BCUT2D eigenvalue weighted by Gasteiger charge is -1.99. The summed E-state index contributed by atoms with van der Waals surface area (Å²) in [5, 5.41) is 22.4. The van der Waals surface area contributed by atoms with Crippen LogP contribution in [0.4, 0.5) is 10.8 Å². The molecule has 0 aliphatic heterocycles. The first-order chi connectivity index (χ1) is 13.0. The topological polar surface area (TPSA) is 107 Å². The molecule has 0 unspecified atom stereocenters. The monoisotopic (exact) mass is 382 g/mol. The molecule has 0 bridgehead atoms. The zero-order chi connectivity index (χ0) is 19.2. The highest BCUT2D eigenvalue weighted by Crippen LogP contribution is 2.27. The van der Waals surface area contributed by atoms with Crippen molar-refractivity contribution in [2.24, 2.45) is 0 Å². The van der Waals surface area contributed by atoms with Gasteiger partial charge in [-0.05, 0) is 35.9 Å². The van der Waals surface area contributed by atoms with Crippen molar-refractivity contribution < 1.29 is 14.5 Å². The summed E-state index contributed by atoms with van der Waals surface area (Å²) in [6.07, 6.45) is 2.78. The molecule has 2 aromatic carbocycles. The molecule has 9 heteroatoms. The third-order valence-corrected chi connectivity index (χ3v) is 4.39. The molecule has 1 heterocycles. The van der Waals surface area contributed by atoms with Crippen molar-refractivity contribution in [1.82, 2.24) is 10.2 Å². The van der Waals surface area contributed by atoms with Gasteiger partial charge in [0, 0.05) is 23.8 Å². The minimum atomic E-state index is -0.487. The SMILES string of the molecule is COc1ccc(-c2nnc(NC(=O)/C=C/c3cccc([N+](=O)[O-])c3)s2)cc1. The second-order valence-corrected chi connectivity index (χ2v) is 6.29. The minimum absolute atomic E-state index is 0.0363. The first kappa shape index (κ1) is 18.2. The maximum absolute atomic E-state index is 12.0. The number of ether oxygens (including phenoxy) is 1. The third-order valence-electron chi connectivity index (χ3n) is 3.50. The average Bonchev–Trinajstić information content (AvgIpc) is 3.15. The summed E-state index contributed by atoms with van der Waals surface area (Å²) in [6.45, 7) is 0. The Morgan fingerprint density at radius 1 is 1.22 bits per heavy atom. The Labute approximate surface area is 158 Å². The zero-order valence-electron chi connectivity index (χ0n) is 14.2. The molecule has 0 aliphatic rings. The number of nitro groups is 1. The molecule has 3 aromatic rings. The second kappa shape index (κ2) is 8.19. The van der Waals surface area contributed by atoms with Crippen molar-refractivity contribution in [3.63, 3.8) is 0 Å². The van der Waals surface area contributed by atoms with E-state index in [1.54, 1.807) is 19.2 Å². The Balaban J connectivity index is 1.65. The van der Waals surface area contributed by atoms with Gasteiger partial charge in [0.15, 0.2) is 0 Å². The van der Waals surface area contributed by atoms with Gasteiger partial charge < -0.3 is 4.74 Å². The fourth-order valence-corrected chi connectivity index (χ4v) is 2.94. The van der Waals surface area contributed by atoms with Gasteiger partial charge in [0.2, 0.25) is 11.0 Å². The lowest BCUT2D eigenvalue weighted by molar-refractivity contribution is -0.384. The lowest BCUT2D eigenvalue weighted by atomic mass is 10.2. The number of nitro benzene ring substituents is 1. The van der Waals surface area contributed by atoms with Crippen LogP contribution in [0, 0.1) is 10.1 Å². The first-order valence-corrected chi connectivity index (χ1v) is 8.58. The first-order valence-electron chi connectivity index (χ1n) is 7.76. The minimum Gasteiger partial charge on any atom is -0.497 e. The predicted molar refractivity (Wildman–Crippen MR) is 103 cm³/mol. The van der Waals surface area contributed by atoms with Crippen LogP contribution in [0.1, 0.15) is 5.56 Å². The number of rotatable bonds is 6. The van der Waals surface area contributed by atoms with Gasteiger partial charge in [0.25, 0.3) is 5.69 Å². The van der Waals surface area contributed by atoms with E-state index in [0.717, 1.165) is 11.3 Å². The van der Waals surface area contributed by atoms with Crippen LogP contribution in [0.5, 0.6) is 5.75 Å². The van der Waals surface area contributed by atoms with Crippen LogP contribution in [0.2, 0.25) is 0 Å². The van der Waals surface area contributed by atoms with Crippen LogP contribution in [0.25, 0.3) is 16.6 Å². The van der Waals surface area contributed by atoms with E-state index in [1.165, 1.54) is 35.6 Å². The fourth-order valence-electron chi connectivity index (χ4n) is 2.18. The summed E-state index contributed by atoms with van der Waals surface area (Å²) in [7, 11) is 1.59. The second-order valence-electron chi connectivity index (χ2n) is 5.32. The molecule has 0 spiro atoms. The number of amides is 1. The molecular weight excluding hydrogens is 368 g/mol. The molecule has 0 atom stereocenters. The number of aromatic nitrogens is 2. The van der Waals surface area contributed by atoms with Crippen LogP contribution in [0.15, 0.2) is 54.6 Å². The quantitative estimate of drug-likeness (QED) is 0.395. The van der Waals surface area contributed by atoms with Crippen LogP contribution in [-0.4, -0.2) is 28.1 Å². The third kappa shape index (κ3) is 4.73. The summed E-state index contributed by atoms with van der Waals surface area (Å²) in [5.74, 6) is 0.335. The standard InChI is InChI=1S/C18H14N4O4S/c1-26-15-8-6-13(7-9-15)17-20-21-18(27-17)19-16(23)10-5-12-3-2-4-14(11-12)22(24)25/h2-11H,1H3,(H,19,21,23)/b10-5+. The van der Waals surface area contributed by atoms with E-state index in [0.29, 0.717) is 15.7 Å². The van der Waals surface area contributed by atoms with Crippen LogP contribution >= 0.6 is 11.3 Å². The maximum Gasteiger partial charge on any atom is 0.270 e. The predicted octanol–water partition coefficient (Wildman–Crippen LogP) is 3.77. The molecule has 0 saturated heterocycles. The molecule has 0 fully saturated rings.